The number of primary amides is 2. The van der Waals surface area contributed by atoms with Crippen molar-refractivity contribution in [2.24, 2.45) is 11.5 Å². The van der Waals surface area contributed by atoms with E-state index in [1.54, 1.807) is 12.4 Å². The summed E-state index contributed by atoms with van der Waals surface area (Å²) in [5.74, 6) is 1.73. The minimum atomic E-state index is -0.378. The van der Waals surface area contributed by atoms with Gasteiger partial charge in [0.2, 0.25) is 12.3 Å². The summed E-state index contributed by atoms with van der Waals surface area (Å²) < 4.78 is 7.75. The van der Waals surface area contributed by atoms with Crippen LogP contribution in [0.15, 0.2) is 109 Å². The molecule has 0 radical (unpaired) electrons. The first-order valence-corrected chi connectivity index (χ1v) is 11.7. The van der Waals surface area contributed by atoms with E-state index in [1.807, 2.05) is 102 Å². The lowest BCUT2D eigenvalue weighted by molar-refractivity contribution is -0.117. The molecule has 38 heavy (non-hydrogen) atoms. The Kier molecular flexibility index (Phi) is 8.44. The number of nitrogens with two attached hydrogens (primary N) is 2. The molecule has 0 aliphatic carbocycles. The van der Waals surface area contributed by atoms with Crippen LogP contribution in [0.4, 0.5) is 11.5 Å². The fraction of sp³-hybridized carbons (Fsp3) is 0.0345. The molecule has 0 spiro atoms. The van der Waals surface area contributed by atoms with Gasteiger partial charge in [0, 0.05) is 29.6 Å². The molecule has 2 heterocycles. The maximum absolute atomic E-state index is 11.4. The molecule has 0 atom stereocenters. The van der Waals surface area contributed by atoms with Crippen LogP contribution in [0.2, 0.25) is 0 Å². The predicted octanol–water partition coefficient (Wildman–Crippen LogP) is 4.60. The molecule has 0 aliphatic rings. The van der Waals surface area contributed by atoms with E-state index in [0.717, 1.165) is 34.0 Å². The summed E-state index contributed by atoms with van der Waals surface area (Å²) in [7, 11) is 0. The standard InChI is InChI=1S/C28H23N5O2.CH3NO/c29-27(34)16-20-7-4-11-23(15-20)33-28(18-26(32-33)21-8-2-1-3-9-21)31-22-10-5-12-24(17-22)35-25-13-6-14-30-19-25;2-1-3/h1-15,17-19,31H,16H2,(H2,29,34);1H,(H2,2,3). The number of pyridine rings is 1. The number of nitrogens with one attached hydrogen (secondary N) is 1. The summed E-state index contributed by atoms with van der Waals surface area (Å²) >= 11 is 0. The number of nitrogens with zero attached hydrogens (tertiary/aromatic N) is 3. The minimum Gasteiger partial charge on any atom is -0.456 e. The number of carbonyl (C=O) groups is 2. The Morgan fingerprint density at radius 1 is 0.921 bits per heavy atom. The van der Waals surface area contributed by atoms with Crippen molar-refractivity contribution >= 4 is 23.8 Å². The van der Waals surface area contributed by atoms with Gasteiger partial charge in [0.05, 0.1) is 24.0 Å². The Morgan fingerprint density at radius 3 is 2.42 bits per heavy atom. The van der Waals surface area contributed by atoms with Crippen LogP contribution in [0, 0.1) is 0 Å². The van der Waals surface area contributed by atoms with Crippen molar-refractivity contribution in [3.63, 3.8) is 0 Å². The summed E-state index contributed by atoms with van der Waals surface area (Å²) in [6, 6.07) is 30.9. The van der Waals surface area contributed by atoms with Crippen LogP contribution in [0.25, 0.3) is 16.9 Å². The van der Waals surface area contributed by atoms with Crippen molar-refractivity contribution in [3.8, 4) is 28.4 Å². The summed E-state index contributed by atoms with van der Waals surface area (Å²) in [4.78, 5) is 24.1. The summed E-state index contributed by atoms with van der Waals surface area (Å²) in [6.45, 7) is 0. The van der Waals surface area contributed by atoms with Gasteiger partial charge in [-0.2, -0.15) is 5.10 Å². The molecule has 0 unspecified atom stereocenters. The highest BCUT2D eigenvalue weighted by molar-refractivity contribution is 5.77. The topological polar surface area (TPSA) is 138 Å². The Balaban J connectivity index is 0.00000107. The van der Waals surface area contributed by atoms with Gasteiger partial charge in [-0.05, 0) is 42.0 Å². The van der Waals surface area contributed by atoms with Crippen LogP contribution in [0.1, 0.15) is 5.56 Å². The van der Waals surface area contributed by atoms with E-state index in [-0.39, 0.29) is 18.7 Å². The van der Waals surface area contributed by atoms with Crippen molar-refractivity contribution in [1.29, 1.82) is 0 Å². The highest BCUT2D eigenvalue weighted by atomic mass is 16.5. The van der Waals surface area contributed by atoms with Crippen molar-refractivity contribution < 1.29 is 14.3 Å². The van der Waals surface area contributed by atoms with Gasteiger partial charge in [-0.25, -0.2) is 4.68 Å². The van der Waals surface area contributed by atoms with E-state index in [4.69, 9.17) is 20.4 Å². The molecule has 190 valence electrons. The first kappa shape index (κ1) is 25.6. The van der Waals surface area contributed by atoms with Crippen LogP contribution in [0.3, 0.4) is 0 Å². The third-order valence-corrected chi connectivity index (χ3v) is 5.29. The van der Waals surface area contributed by atoms with Gasteiger partial charge in [0.25, 0.3) is 0 Å². The van der Waals surface area contributed by atoms with E-state index in [0.29, 0.717) is 11.5 Å². The van der Waals surface area contributed by atoms with E-state index < -0.39 is 0 Å². The average molecular weight is 507 g/mol. The maximum Gasteiger partial charge on any atom is 0.221 e. The van der Waals surface area contributed by atoms with Gasteiger partial charge in [0.15, 0.2) is 0 Å². The Labute approximate surface area is 219 Å². The maximum atomic E-state index is 11.4. The Bertz CT molecular complexity index is 1500. The van der Waals surface area contributed by atoms with Crippen LogP contribution in [-0.2, 0) is 16.0 Å². The molecule has 9 nitrogen and oxygen atoms in total. The number of ether oxygens (including phenoxy) is 1. The van der Waals surface area contributed by atoms with Crippen LogP contribution < -0.4 is 21.5 Å². The molecule has 0 aliphatic heterocycles. The fourth-order valence-corrected chi connectivity index (χ4v) is 3.75. The van der Waals surface area contributed by atoms with Crippen LogP contribution in [-0.4, -0.2) is 27.1 Å². The third-order valence-electron chi connectivity index (χ3n) is 5.29. The van der Waals surface area contributed by atoms with E-state index in [9.17, 15) is 4.79 Å². The van der Waals surface area contributed by atoms with E-state index >= 15 is 0 Å². The smallest absolute Gasteiger partial charge is 0.221 e. The zero-order chi connectivity index (χ0) is 26.7. The third kappa shape index (κ3) is 6.82. The van der Waals surface area contributed by atoms with Crippen LogP contribution >= 0.6 is 0 Å². The molecule has 0 fully saturated rings. The zero-order valence-corrected chi connectivity index (χ0v) is 20.4. The molecule has 0 bridgehead atoms. The molecule has 2 amide bonds. The number of amides is 2. The summed E-state index contributed by atoms with van der Waals surface area (Å²) in [6.07, 6.45) is 3.78. The molecular formula is C29H26N6O3. The predicted molar refractivity (Wildman–Crippen MR) is 146 cm³/mol. The zero-order valence-electron chi connectivity index (χ0n) is 20.4. The summed E-state index contributed by atoms with van der Waals surface area (Å²) in [5.41, 5.74) is 13.9. The molecule has 5 rings (SSSR count). The number of hydrogen-bond acceptors (Lipinski definition) is 6. The van der Waals surface area contributed by atoms with Crippen molar-refractivity contribution in [3.05, 3.63) is 115 Å². The first-order chi connectivity index (χ1) is 18.6. The van der Waals surface area contributed by atoms with Gasteiger partial charge in [-0.15, -0.1) is 0 Å². The lowest BCUT2D eigenvalue weighted by Gasteiger charge is -2.12. The lowest BCUT2D eigenvalue weighted by atomic mass is 10.1. The number of aromatic nitrogens is 3. The van der Waals surface area contributed by atoms with E-state index in [1.165, 1.54) is 0 Å². The molecule has 0 saturated heterocycles. The number of carbonyl (C=O) groups excluding carboxylic acids is 2. The normalized spacial score (nSPS) is 10.1. The molecule has 5 aromatic rings. The Morgan fingerprint density at radius 2 is 1.68 bits per heavy atom. The van der Waals surface area contributed by atoms with Gasteiger partial charge in [0.1, 0.15) is 17.3 Å². The van der Waals surface area contributed by atoms with E-state index in [2.05, 4.69) is 16.0 Å². The monoisotopic (exact) mass is 506 g/mol. The minimum absolute atomic E-state index is 0.164. The largest absolute Gasteiger partial charge is 0.456 e. The summed E-state index contributed by atoms with van der Waals surface area (Å²) in [5, 5.41) is 8.32. The number of hydrogen-bond donors (Lipinski definition) is 3. The first-order valence-electron chi connectivity index (χ1n) is 11.7. The fourth-order valence-electron chi connectivity index (χ4n) is 3.75. The number of anilines is 2. The SMILES string of the molecule is NC(=O)Cc1cccc(-n2nc(-c3ccccc3)cc2Nc2cccc(Oc3cccnc3)c2)c1.NC=O. The Hall–Kier alpha value is -5.44. The number of rotatable bonds is 8. The van der Waals surface area contributed by atoms with Gasteiger partial charge < -0.3 is 21.5 Å². The highest BCUT2D eigenvalue weighted by Crippen LogP contribution is 2.30. The van der Waals surface area contributed by atoms with Crippen molar-refractivity contribution in [2.75, 3.05) is 5.32 Å². The second kappa shape index (κ2) is 12.5. The van der Waals surface area contributed by atoms with Crippen molar-refractivity contribution in [1.82, 2.24) is 14.8 Å². The van der Waals surface area contributed by atoms with Gasteiger partial charge in [-0.3, -0.25) is 14.6 Å². The van der Waals surface area contributed by atoms with Gasteiger partial charge in [-0.1, -0.05) is 48.5 Å². The average Bonchev–Trinajstić information content (AvgIpc) is 3.34. The highest BCUT2D eigenvalue weighted by Gasteiger charge is 2.13. The van der Waals surface area contributed by atoms with Gasteiger partial charge >= 0.3 is 0 Å². The quantitative estimate of drug-likeness (QED) is 0.263. The molecular weight excluding hydrogens is 480 g/mol. The molecule has 3 aromatic carbocycles. The molecule has 2 aromatic heterocycles. The lowest BCUT2D eigenvalue weighted by Crippen LogP contribution is -2.13. The number of benzene rings is 3. The van der Waals surface area contributed by atoms with Crippen molar-refractivity contribution in [2.45, 2.75) is 6.42 Å². The molecule has 5 N–H and O–H groups in total. The molecule has 9 heteroatoms. The second-order valence-electron chi connectivity index (χ2n) is 8.09. The van der Waals surface area contributed by atoms with Crippen LogP contribution in [0.5, 0.6) is 11.5 Å². The second-order valence-corrected chi connectivity index (χ2v) is 8.09. The molecule has 0 saturated carbocycles.